The summed E-state index contributed by atoms with van der Waals surface area (Å²) in [6.45, 7) is 7.25. The van der Waals surface area contributed by atoms with Crippen molar-refractivity contribution in [2.24, 2.45) is 0 Å². The lowest BCUT2D eigenvalue weighted by molar-refractivity contribution is 0.294. The SMILES string of the molecule is CCCOc1ccc(C(C)CC2OC2CC)cc1OC. The molecule has 2 rings (SSSR count). The average Bonchev–Trinajstić information content (AvgIpc) is 3.23. The summed E-state index contributed by atoms with van der Waals surface area (Å²) in [7, 11) is 1.69. The highest BCUT2D eigenvalue weighted by molar-refractivity contribution is 5.44. The average molecular weight is 278 g/mol. The van der Waals surface area contributed by atoms with E-state index < -0.39 is 0 Å². The van der Waals surface area contributed by atoms with Crippen molar-refractivity contribution in [1.29, 1.82) is 0 Å². The third-order valence-corrected chi connectivity index (χ3v) is 3.89. The van der Waals surface area contributed by atoms with E-state index in [9.17, 15) is 0 Å². The maximum atomic E-state index is 5.69. The van der Waals surface area contributed by atoms with Crippen LogP contribution in [0.3, 0.4) is 0 Å². The Morgan fingerprint density at radius 3 is 2.60 bits per heavy atom. The zero-order valence-corrected chi connectivity index (χ0v) is 13.0. The first-order valence-electron chi connectivity index (χ1n) is 7.65. The fraction of sp³-hybridized carbons (Fsp3) is 0.647. The predicted octanol–water partition coefficient (Wildman–Crippen LogP) is 4.16. The van der Waals surface area contributed by atoms with Crippen LogP contribution in [0.25, 0.3) is 0 Å². The lowest BCUT2D eigenvalue weighted by atomic mass is 9.94. The van der Waals surface area contributed by atoms with E-state index in [-0.39, 0.29) is 0 Å². The summed E-state index contributed by atoms with van der Waals surface area (Å²) in [4.78, 5) is 0. The molecule has 3 nitrogen and oxygen atoms in total. The first-order valence-corrected chi connectivity index (χ1v) is 7.65. The quantitative estimate of drug-likeness (QED) is 0.669. The molecule has 1 aliphatic rings. The minimum absolute atomic E-state index is 0.442. The van der Waals surface area contributed by atoms with Crippen molar-refractivity contribution >= 4 is 0 Å². The van der Waals surface area contributed by atoms with Crippen molar-refractivity contribution in [3.8, 4) is 11.5 Å². The zero-order valence-electron chi connectivity index (χ0n) is 13.0. The molecule has 0 N–H and O–H groups in total. The Kier molecular flexibility index (Phi) is 5.30. The van der Waals surface area contributed by atoms with Crippen LogP contribution >= 0.6 is 0 Å². The molecule has 3 unspecified atom stereocenters. The van der Waals surface area contributed by atoms with Gasteiger partial charge in [0.1, 0.15) is 0 Å². The molecule has 0 bridgehead atoms. The van der Waals surface area contributed by atoms with E-state index >= 15 is 0 Å². The van der Waals surface area contributed by atoms with Gasteiger partial charge in [-0.05, 0) is 42.9 Å². The van der Waals surface area contributed by atoms with Crippen molar-refractivity contribution in [2.45, 2.75) is 58.2 Å². The maximum absolute atomic E-state index is 5.69. The first-order chi connectivity index (χ1) is 9.69. The molecular weight excluding hydrogens is 252 g/mol. The fourth-order valence-corrected chi connectivity index (χ4v) is 2.55. The Labute approximate surface area is 122 Å². The van der Waals surface area contributed by atoms with Gasteiger partial charge in [-0.3, -0.25) is 0 Å². The van der Waals surface area contributed by atoms with Gasteiger partial charge < -0.3 is 14.2 Å². The van der Waals surface area contributed by atoms with Crippen LogP contribution in [0.5, 0.6) is 11.5 Å². The molecule has 0 spiro atoms. The molecule has 3 heteroatoms. The second-order valence-corrected chi connectivity index (χ2v) is 5.52. The number of ether oxygens (including phenoxy) is 3. The van der Waals surface area contributed by atoms with Crippen LogP contribution < -0.4 is 9.47 Å². The standard InChI is InChI=1S/C17H26O3/c1-5-9-19-15-8-7-13(11-16(15)18-4)12(3)10-17-14(6-2)20-17/h7-8,11-12,14,17H,5-6,9-10H2,1-4H3. The predicted molar refractivity (Wildman–Crippen MR) is 80.8 cm³/mol. The second-order valence-electron chi connectivity index (χ2n) is 5.52. The summed E-state index contributed by atoms with van der Waals surface area (Å²) in [5, 5.41) is 0. The van der Waals surface area contributed by atoms with Crippen LogP contribution in [-0.4, -0.2) is 25.9 Å². The number of hydrogen-bond donors (Lipinski definition) is 0. The molecule has 0 aliphatic carbocycles. The van der Waals surface area contributed by atoms with Gasteiger partial charge in [-0.2, -0.15) is 0 Å². The van der Waals surface area contributed by atoms with Crippen LogP contribution in [0, 0.1) is 0 Å². The molecule has 1 aromatic carbocycles. The lowest BCUT2D eigenvalue weighted by Gasteiger charge is -2.15. The molecular formula is C17H26O3. The molecule has 1 heterocycles. The van der Waals surface area contributed by atoms with Gasteiger partial charge >= 0.3 is 0 Å². The molecule has 0 amide bonds. The van der Waals surface area contributed by atoms with Gasteiger partial charge in [-0.25, -0.2) is 0 Å². The third kappa shape index (κ3) is 3.66. The number of epoxide rings is 1. The van der Waals surface area contributed by atoms with Gasteiger partial charge in [-0.1, -0.05) is 26.8 Å². The summed E-state index contributed by atoms with van der Waals surface area (Å²) in [5.41, 5.74) is 1.29. The third-order valence-electron chi connectivity index (χ3n) is 3.89. The smallest absolute Gasteiger partial charge is 0.161 e. The van der Waals surface area contributed by atoms with Crippen LogP contribution in [-0.2, 0) is 4.74 Å². The summed E-state index contributed by atoms with van der Waals surface area (Å²) >= 11 is 0. The first kappa shape index (κ1) is 15.2. The van der Waals surface area contributed by atoms with Crippen molar-refractivity contribution < 1.29 is 14.2 Å². The molecule has 112 valence electrons. The van der Waals surface area contributed by atoms with E-state index in [0.717, 1.165) is 37.4 Å². The van der Waals surface area contributed by atoms with Crippen LogP contribution in [0.15, 0.2) is 18.2 Å². The van der Waals surface area contributed by atoms with E-state index in [1.807, 2.05) is 6.07 Å². The highest BCUT2D eigenvalue weighted by atomic mass is 16.6. The number of methoxy groups -OCH3 is 1. The molecule has 3 atom stereocenters. The summed E-state index contributed by atoms with van der Waals surface area (Å²) in [6.07, 6.45) is 4.11. The Balaban J connectivity index is 2.00. The maximum Gasteiger partial charge on any atom is 0.161 e. The van der Waals surface area contributed by atoms with Crippen LogP contribution in [0.4, 0.5) is 0 Å². The molecule has 0 aromatic heterocycles. The van der Waals surface area contributed by atoms with E-state index in [0.29, 0.717) is 18.1 Å². The van der Waals surface area contributed by atoms with Gasteiger partial charge in [0.15, 0.2) is 11.5 Å². The highest BCUT2D eigenvalue weighted by Crippen LogP contribution is 2.37. The van der Waals surface area contributed by atoms with Gasteiger partial charge in [0.05, 0.1) is 25.9 Å². The highest BCUT2D eigenvalue weighted by Gasteiger charge is 2.37. The largest absolute Gasteiger partial charge is 0.493 e. The van der Waals surface area contributed by atoms with E-state index in [1.165, 1.54) is 5.56 Å². The zero-order chi connectivity index (χ0) is 14.5. The van der Waals surface area contributed by atoms with E-state index in [1.54, 1.807) is 7.11 Å². The number of hydrogen-bond acceptors (Lipinski definition) is 3. The van der Waals surface area contributed by atoms with Crippen molar-refractivity contribution in [2.75, 3.05) is 13.7 Å². The Bertz CT molecular complexity index is 430. The molecule has 0 saturated carbocycles. The fourth-order valence-electron chi connectivity index (χ4n) is 2.55. The van der Waals surface area contributed by atoms with Crippen molar-refractivity contribution in [3.63, 3.8) is 0 Å². The minimum atomic E-state index is 0.442. The molecule has 0 radical (unpaired) electrons. The summed E-state index contributed by atoms with van der Waals surface area (Å²) in [6, 6.07) is 6.26. The van der Waals surface area contributed by atoms with Crippen molar-refractivity contribution in [1.82, 2.24) is 0 Å². The van der Waals surface area contributed by atoms with Crippen molar-refractivity contribution in [3.05, 3.63) is 23.8 Å². The molecule has 1 aliphatic heterocycles. The Morgan fingerprint density at radius 2 is 2.00 bits per heavy atom. The summed E-state index contributed by atoms with van der Waals surface area (Å²) < 4.78 is 16.8. The van der Waals surface area contributed by atoms with Gasteiger partial charge in [0.25, 0.3) is 0 Å². The normalized spacial score (nSPS) is 22.4. The number of rotatable bonds is 8. The minimum Gasteiger partial charge on any atom is -0.493 e. The Hall–Kier alpha value is -1.22. The van der Waals surface area contributed by atoms with E-state index in [2.05, 4.69) is 32.9 Å². The van der Waals surface area contributed by atoms with Crippen LogP contribution in [0.1, 0.15) is 51.5 Å². The Morgan fingerprint density at radius 1 is 1.20 bits per heavy atom. The lowest BCUT2D eigenvalue weighted by Crippen LogP contribution is -2.03. The molecule has 1 fully saturated rings. The molecule has 20 heavy (non-hydrogen) atoms. The second kappa shape index (κ2) is 6.98. The molecule has 1 saturated heterocycles. The topological polar surface area (TPSA) is 31.0 Å². The molecule has 1 aromatic rings. The van der Waals surface area contributed by atoms with E-state index in [4.69, 9.17) is 14.2 Å². The van der Waals surface area contributed by atoms with Gasteiger partial charge in [0.2, 0.25) is 0 Å². The van der Waals surface area contributed by atoms with Crippen LogP contribution in [0.2, 0.25) is 0 Å². The summed E-state index contributed by atoms with van der Waals surface area (Å²) in [5.74, 6) is 2.14. The number of benzene rings is 1. The van der Waals surface area contributed by atoms with Gasteiger partial charge in [-0.15, -0.1) is 0 Å². The monoisotopic (exact) mass is 278 g/mol. The van der Waals surface area contributed by atoms with Gasteiger partial charge in [0, 0.05) is 0 Å².